The normalized spacial score (nSPS) is 13.0. The molecule has 0 aliphatic heterocycles. The number of rotatable bonds is 46. The predicted molar refractivity (Wildman–Crippen MR) is 270 cm³/mol. The summed E-state index contributed by atoms with van der Waals surface area (Å²) in [6.07, 6.45) is 69.8. The molecule has 0 radical (unpaired) electrons. The van der Waals surface area contributed by atoms with E-state index in [4.69, 9.17) is 14.2 Å². The second-order valence-electron chi connectivity index (χ2n) is 16.7. The fourth-order valence-electron chi connectivity index (χ4n) is 6.74. The number of allylic oxidation sites excluding steroid dienone is 16. The third-order valence-corrected chi connectivity index (χ3v) is 10.6. The third kappa shape index (κ3) is 49.5. The van der Waals surface area contributed by atoms with Gasteiger partial charge in [0.15, 0.2) is 6.10 Å². The lowest BCUT2D eigenvalue weighted by molar-refractivity contribution is -0.163. The van der Waals surface area contributed by atoms with Gasteiger partial charge in [-0.25, -0.2) is 0 Å². The van der Waals surface area contributed by atoms with Crippen molar-refractivity contribution in [3.63, 3.8) is 0 Å². The Labute approximate surface area is 383 Å². The first-order valence-corrected chi connectivity index (χ1v) is 25.8. The van der Waals surface area contributed by atoms with E-state index in [-0.39, 0.29) is 25.2 Å². The summed E-state index contributed by atoms with van der Waals surface area (Å²) in [5.41, 5.74) is 0. The number of unbranched alkanes of at least 4 members (excludes halogenated alkanes) is 19. The first-order chi connectivity index (χ1) is 30.6. The van der Waals surface area contributed by atoms with Crippen molar-refractivity contribution in [1.82, 2.24) is 0 Å². The number of carbonyl (C=O) groups excluding carboxylic acids is 2. The van der Waals surface area contributed by atoms with E-state index < -0.39 is 6.10 Å². The van der Waals surface area contributed by atoms with E-state index in [9.17, 15) is 9.59 Å². The van der Waals surface area contributed by atoms with Crippen LogP contribution in [0.1, 0.15) is 226 Å². The standard InChI is InChI=1S/C57H96O5/c1-4-7-10-13-16-19-22-25-27-29-30-33-35-38-41-44-47-50-56(58)61-54-55(62-57(59)51-48-45-42-39-36-32-24-21-18-15-12-9-6-3)53-60-52-49-46-43-40-37-34-31-28-26-23-20-17-14-11-8-5-2/h8,11-12,15-17,19-21,24-28,34,37,55H,4-7,9-10,13-14,18,22-23,29-33,35-36,38-54H2,1-3H3/b11-8-,15-12-,19-16-,20-17-,24-21-,27-25-,28-26-,37-34-. The summed E-state index contributed by atoms with van der Waals surface area (Å²) in [6, 6.07) is 0. The van der Waals surface area contributed by atoms with E-state index in [0.29, 0.717) is 19.4 Å². The molecule has 0 aromatic carbocycles. The van der Waals surface area contributed by atoms with Gasteiger partial charge in [-0.2, -0.15) is 0 Å². The molecule has 0 heterocycles. The Morgan fingerprint density at radius 2 is 0.758 bits per heavy atom. The molecule has 0 rings (SSSR count). The highest BCUT2D eigenvalue weighted by Gasteiger charge is 2.17. The minimum absolute atomic E-state index is 0.0575. The van der Waals surface area contributed by atoms with Crippen LogP contribution in [-0.2, 0) is 23.8 Å². The molecule has 0 aliphatic carbocycles. The number of ether oxygens (including phenoxy) is 3. The summed E-state index contributed by atoms with van der Waals surface area (Å²) in [6.45, 7) is 7.53. The molecule has 354 valence electrons. The molecule has 1 unspecified atom stereocenters. The minimum Gasteiger partial charge on any atom is -0.462 e. The second-order valence-corrected chi connectivity index (χ2v) is 16.7. The van der Waals surface area contributed by atoms with Gasteiger partial charge in [0.05, 0.1) is 6.61 Å². The Balaban J connectivity index is 4.36. The van der Waals surface area contributed by atoms with Gasteiger partial charge in [-0.1, -0.05) is 195 Å². The summed E-state index contributed by atoms with van der Waals surface area (Å²) in [5, 5.41) is 0. The van der Waals surface area contributed by atoms with Gasteiger partial charge < -0.3 is 14.2 Å². The van der Waals surface area contributed by atoms with Crippen LogP contribution >= 0.6 is 0 Å². The minimum atomic E-state index is -0.568. The van der Waals surface area contributed by atoms with Crippen molar-refractivity contribution < 1.29 is 23.8 Å². The van der Waals surface area contributed by atoms with Crippen LogP contribution in [0.3, 0.4) is 0 Å². The van der Waals surface area contributed by atoms with Gasteiger partial charge in [0.2, 0.25) is 0 Å². The Hall–Kier alpha value is -3.18. The maximum absolute atomic E-state index is 12.8. The number of carbonyl (C=O) groups is 2. The van der Waals surface area contributed by atoms with E-state index in [1.807, 2.05) is 0 Å². The third-order valence-electron chi connectivity index (χ3n) is 10.6. The van der Waals surface area contributed by atoms with Crippen LogP contribution in [0.25, 0.3) is 0 Å². The Bertz CT molecular complexity index is 1200. The number of hydrogen-bond donors (Lipinski definition) is 0. The van der Waals surface area contributed by atoms with Crippen LogP contribution in [0.2, 0.25) is 0 Å². The molecule has 5 nitrogen and oxygen atoms in total. The Kier molecular flexibility index (Phi) is 49.5. The first-order valence-electron chi connectivity index (χ1n) is 25.8. The molecule has 0 N–H and O–H groups in total. The Morgan fingerprint density at radius 3 is 1.23 bits per heavy atom. The van der Waals surface area contributed by atoms with E-state index in [1.54, 1.807) is 0 Å². The molecule has 62 heavy (non-hydrogen) atoms. The van der Waals surface area contributed by atoms with Gasteiger partial charge in [-0.05, 0) is 116 Å². The summed E-state index contributed by atoms with van der Waals surface area (Å²) < 4.78 is 17.4. The average Bonchev–Trinajstić information content (AvgIpc) is 3.27. The maximum atomic E-state index is 12.8. The molecule has 0 amide bonds. The molecule has 0 saturated heterocycles. The monoisotopic (exact) mass is 861 g/mol. The van der Waals surface area contributed by atoms with Crippen LogP contribution in [0.4, 0.5) is 0 Å². The molecule has 0 saturated carbocycles. The zero-order valence-electron chi connectivity index (χ0n) is 40.6. The summed E-state index contributed by atoms with van der Waals surface area (Å²) in [5.74, 6) is -0.444. The van der Waals surface area contributed by atoms with E-state index in [0.717, 1.165) is 116 Å². The van der Waals surface area contributed by atoms with Crippen molar-refractivity contribution in [2.75, 3.05) is 19.8 Å². The molecule has 0 aromatic rings. The van der Waals surface area contributed by atoms with Crippen molar-refractivity contribution >= 4 is 11.9 Å². The second kappa shape index (κ2) is 52.2. The predicted octanol–water partition coefficient (Wildman–Crippen LogP) is 17.5. The van der Waals surface area contributed by atoms with Crippen LogP contribution in [0.5, 0.6) is 0 Å². The fraction of sp³-hybridized carbons (Fsp3) is 0.684. The first kappa shape index (κ1) is 58.8. The molecule has 0 fully saturated rings. The molecule has 0 spiro atoms. The lowest BCUT2D eigenvalue weighted by Gasteiger charge is -2.18. The SMILES string of the molecule is CC/C=C\C/C=C\C/C=C\C/C=C\CCCCCOCC(COC(=O)CCCCCCCCC/C=C\C/C=C\CCCCC)OC(=O)CCCCCCC/C=C\C/C=C\CCC. The number of hydrogen-bond acceptors (Lipinski definition) is 5. The van der Waals surface area contributed by atoms with Crippen molar-refractivity contribution in [3.8, 4) is 0 Å². The largest absolute Gasteiger partial charge is 0.462 e. The van der Waals surface area contributed by atoms with Crippen LogP contribution < -0.4 is 0 Å². The lowest BCUT2D eigenvalue weighted by Crippen LogP contribution is -2.30. The van der Waals surface area contributed by atoms with E-state index in [1.165, 1.54) is 77.0 Å². The molecule has 0 bridgehead atoms. The highest BCUT2D eigenvalue weighted by molar-refractivity contribution is 5.70. The van der Waals surface area contributed by atoms with Crippen LogP contribution in [0.15, 0.2) is 97.2 Å². The molecule has 0 aromatic heterocycles. The maximum Gasteiger partial charge on any atom is 0.306 e. The fourth-order valence-corrected chi connectivity index (χ4v) is 6.74. The molecular weight excluding hydrogens is 765 g/mol. The van der Waals surface area contributed by atoms with E-state index in [2.05, 4.69) is 118 Å². The van der Waals surface area contributed by atoms with Crippen molar-refractivity contribution in [2.24, 2.45) is 0 Å². The zero-order valence-corrected chi connectivity index (χ0v) is 40.6. The van der Waals surface area contributed by atoms with Crippen molar-refractivity contribution in [1.29, 1.82) is 0 Å². The molecule has 5 heteroatoms. The van der Waals surface area contributed by atoms with Gasteiger partial charge in [-0.3, -0.25) is 9.59 Å². The molecular formula is C57H96O5. The molecule has 1 atom stereocenters. The van der Waals surface area contributed by atoms with Gasteiger partial charge in [-0.15, -0.1) is 0 Å². The van der Waals surface area contributed by atoms with Crippen LogP contribution in [0, 0.1) is 0 Å². The van der Waals surface area contributed by atoms with Crippen LogP contribution in [-0.4, -0.2) is 37.9 Å². The summed E-state index contributed by atoms with van der Waals surface area (Å²) in [7, 11) is 0. The Morgan fingerprint density at radius 1 is 0.371 bits per heavy atom. The number of esters is 2. The highest BCUT2D eigenvalue weighted by Crippen LogP contribution is 2.13. The summed E-state index contributed by atoms with van der Waals surface area (Å²) >= 11 is 0. The topological polar surface area (TPSA) is 61.8 Å². The van der Waals surface area contributed by atoms with Gasteiger partial charge in [0.25, 0.3) is 0 Å². The van der Waals surface area contributed by atoms with Gasteiger partial charge >= 0.3 is 11.9 Å². The average molecular weight is 861 g/mol. The van der Waals surface area contributed by atoms with E-state index >= 15 is 0 Å². The quantitative estimate of drug-likeness (QED) is 0.0347. The van der Waals surface area contributed by atoms with Crippen molar-refractivity contribution in [3.05, 3.63) is 97.2 Å². The van der Waals surface area contributed by atoms with Gasteiger partial charge in [0, 0.05) is 19.4 Å². The molecule has 0 aliphatic rings. The smallest absolute Gasteiger partial charge is 0.306 e. The van der Waals surface area contributed by atoms with Crippen molar-refractivity contribution in [2.45, 2.75) is 232 Å². The summed E-state index contributed by atoms with van der Waals surface area (Å²) in [4.78, 5) is 25.4. The van der Waals surface area contributed by atoms with Gasteiger partial charge in [0.1, 0.15) is 6.61 Å². The lowest BCUT2D eigenvalue weighted by atomic mass is 10.1. The highest BCUT2D eigenvalue weighted by atomic mass is 16.6. The zero-order chi connectivity index (χ0) is 44.9.